The van der Waals surface area contributed by atoms with Crippen molar-refractivity contribution in [3.63, 3.8) is 0 Å². The zero-order valence-corrected chi connectivity index (χ0v) is 9.59. The van der Waals surface area contributed by atoms with Crippen LogP contribution in [0.25, 0.3) is 0 Å². The number of alkyl halides is 2. The van der Waals surface area contributed by atoms with Gasteiger partial charge in [0.15, 0.2) is 5.01 Å². The zero-order valence-electron chi connectivity index (χ0n) is 6.42. The summed E-state index contributed by atoms with van der Waals surface area (Å²) in [6.07, 6.45) is 0. The van der Waals surface area contributed by atoms with Gasteiger partial charge in [0.1, 0.15) is 16.3 Å². The molecule has 0 saturated carbocycles. The van der Waals surface area contributed by atoms with Crippen LogP contribution in [-0.4, -0.2) is 10.00 Å². The molecule has 4 heteroatoms. The lowest BCUT2D eigenvalue weighted by atomic mass is 10.2. The maximum atomic E-state index is 5.48. The van der Waals surface area contributed by atoms with Crippen LogP contribution in [-0.2, 0) is 0 Å². The van der Waals surface area contributed by atoms with Crippen molar-refractivity contribution in [2.45, 2.75) is 16.8 Å². The standard InChI is InChI=1S/C8H7Br2NO/c1-4-2-3-5-7(11-4)6(9)8(10)12-5/h2-3,6,8H,1H3. The van der Waals surface area contributed by atoms with E-state index < -0.39 is 0 Å². The highest BCUT2D eigenvalue weighted by atomic mass is 79.9. The van der Waals surface area contributed by atoms with Gasteiger partial charge in [-0.05, 0) is 35.0 Å². The smallest absolute Gasteiger partial charge is 0.171 e. The van der Waals surface area contributed by atoms with Crippen molar-refractivity contribution in [1.82, 2.24) is 4.98 Å². The topological polar surface area (TPSA) is 22.1 Å². The molecule has 2 atom stereocenters. The van der Waals surface area contributed by atoms with Crippen LogP contribution in [0.1, 0.15) is 16.2 Å². The predicted molar refractivity (Wildman–Crippen MR) is 54.0 cm³/mol. The first-order chi connectivity index (χ1) is 5.68. The molecule has 2 rings (SSSR count). The fraction of sp³-hybridized carbons (Fsp3) is 0.375. The molecule has 1 aromatic heterocycles. The summed E-state index contributed by atoms with van der Waals surface area (Å²) in [6, 6.07) is 3.90. The van der Waals surface area contributed by atoms with Crippen LogP contribution < -0.4 is 4.74 Å². The minimum absolute atomic E-state index is 0.00167. The lowest BCUT2D eigenvalue weighted by molar-refractivity contribution is 0.328. The van der Waals surface area contributed by atoms with Crippen LogP contribution in [0.2, 0.25) is 0 Å². The van der Waals surface area contributed by atoms with E-state index in [0.29, 0.717) is 0 Å². The van der Waals surface area contributed by atoms with E-state index in [1.54, 1.807) is 0 Å². The number of ether oxygens (including phenoxy) is 1. The molecule has 0 fully saturated rings. The minimum Gasteiger partial charge on any atom is -0.476 e. The van der Waals surface area contributed by atoms with E-state index in [1.807, 2.05) is 19.1 Å². The molecule has 0 aromatic carbocycles. The van der Waals surface area contributed by atoms with E-state index in [4.69, 9.17) is 4.74 Å². The van der Waals surface area contributed by atoms with E-state index in [0.717, 1.165) is 17.1 Å². The molecular weight excluding hydrogens is 286 g/mol. The maximum Gasteiger partial charge on any atom is 0.171 e. The van der Waals surface area contributed by atoms with E-state index in [2.05, 4.69) is 36.8 Å². The van der Waals surface area contributed by atoms with Crippen molar-refractivity contribution >= 4 is 31.9 Å². The molecule has 1 aromatic rings. The number of rotatable bonds is 0. The molecule has 0 radical (unpaired) electrons. The molecule has 2 nitrogen and oxygen atoms in total. The summed E-state index contributed by atoms with van der Waals surface area (Å²) in [6.45, 7) is 1.97. The van der Waals surface area contributed by atoms with Gasteiger partial charge in [0, 0.05) is 5.69 Å². The number of aryl methyl sites for hydroxylation is 1. The number of nitrogens with zero attached hydrogens (tertiary/aromatic N) is 1. The molecule has 0 bridgehead atoms. The summed E-state index contributed by atoms with van der Waals surface area (Å²) in [5, 5.41) is 0.00167. The predicted octanol–water partition coefficient (Wildman–Crippen LogP) is 2.94. The Morgan fingerprint density at radius 3 is 2.92 bits per heavy atom. The first-order valence-electron chi connectivity index (χ1n) is 3.61. The van der Waals surface area contributed by atoms with Crippen molar-refractivity contribution in [3.8, 4) is 5.75 Å². The van der Waals surface area contributed by atoms with Gasteiger partial charge in [0.2, 0.25) is 0 Å². The highest BCUT2D eigenvalue weighted by Gasteiger charge is 2.31. The van der Waals surface area contributed by atoms with E-state index in [9.17, 15) is 0 Å². The second-order valence-electron chi connectivity index (χ2n) is 2.71. The zero-order chi connectivity index (χ0) is 8.72. The molecule has 12 heavy (non-hydrogen) atoms. The van der Waals surface area contributed by atoms with Crippen LogP contribution in [0.3, 0.4) is 0 Å². The van der Waals surface area contributed by atoms with E-state index in [1.165, 1.54) is 0 Å². The second kappa shape index (κ2) is 3.00. The fourth-order valence-electron chi connectivity index (χ4n) is 1.17. The molecule has 0 amide bonds. The van der Waals surface area contributed by atoms with Gasteiger partial charge in [-0.15, -0.1) is 0 Å². The van der Waals surface area contributed by atoms with Crippen LogP contribution in [0.5, 0.6) is 5.75 Å². The third kappa shape index (κ3) is 1.27. The van der Waals surface area contributed by atoms with Crippen molar-refractivity contribution in [1.29, 1.82) is 0 Å². The molecule has 64 valence electrons. The minimum atomic E-state index is 0.00167. The van der Waals surface area contributed by atoms with Gasteiger partial charge in [-0.2, -0.15) is 0 Å². The average Bonchev–Trinajstić information content (AvgIpc) is 2.31. The van der Waals surface area contributed by atoms with Gasteiger partial charge in [-0.3, -0.25) is 4.98 Å². The Morgan fingerprint density at radius 2 is 2.17 bits per heavy atom. The average molecular weight is 293 g/mol. The van der Waals surface area contributed by atoms with Crippen LogP contribution in [0.4, 0.5) is 0 Å². The second-order valence-corrected chi connectivity index (χ2v) is 4.60. The lowest BCUT2D eigenvalue weighted by Crippen LogP contribution is -2.04. The van der Waals surface area contributed by atoms with E-state index >= 15 is 0 Å². The van der Waals surface area contributed by atoms with Gasteiger partial charge in [0.05, 0.1) is 0 Å². The quantitative estimate of drug-likeness (QED) is 0.686. The number of hydrogen-bond donors (Lipinski definition) is 0. The molecule has 2 unspecified atom stereocenters. The Hall–Kier alpha value is -0.0900. The molecule has 1 aliphatic heterocycles. The molecular formula is C8H7Br2NO. The lowest BCUT2D eigenvalue weighted by Gasteiger charge is -2.02. The van der Waals surface area contributed by atoms with Gasteiger partial charge in [-0.25, -0.2) is 0 Å². The summed E-state index contributed by atoms with van der Waals surface area (Å²) in [7, 11) is 0. The normalized spacial score (nSPS) is 26.6. The highest BCUT2D eigenvalue weighted by molar-refractivity contribution is 9.12. The fourth-order valence-corrected chi connectivity index (χ4v) is 2.05. The van der Waals surface area contributed by atoms with Gasteiger partial charge in [-0.1, -0.05) is 15.9 Å². The van der Waals surface area contributed by atoms with Crippen molar-refractivity contribution in [2.75, 3.05) is 0 Å². The number of halogens is 2. The monoisotopic (exact) mass is 291 g/mol. The molecule has 0 aliphatic carbocycles. The summed E-state index contributed by atoms with van der Waals surface area (Å²) >= 11 is 6.90. The number of pyridine rings is 1. The Kier molecular flexibility index (Phi) is 2.12. The molecule has 2 heterocycles. The van der Waals surface area contributed by atoms with Crippen molar-refractivity contribution in [2.24, 2.45) is 0 Å². The largest absolute Gasteiger partial charge is 0.476 e. The Labute approximate surface area is 87.6 Å². The third-order valence-electron chi connectivity index (χ3n) is 1.76. The molecule has 0 saturated heterocycles. The first kappa shape index (κ1) is 8.51. The van der Waals surface area contributed by atoms with Crippen LogP contribution in [0, 0.1) is 6.92 Å². The highest BCUT2D eigenvalue weighted by Crippen LogP contribution is 2.42. The van der Waals surface area contributed by atoms with Crippen molar-refractivity contribution in [3.05, 3.63) is 23.5 Å². The summed E-state index contributed by atoms with van der Waals surface area (Å²) in [5.41, 5.74) is 2.00. The summed E-state index contributed by atoms with van der Waals surface area (Å²) < 4.78 is 5.48. The Balaban J connectivity index is 2.48. The number of fused-ring (bicyclic) bond motifs is 1. The summed E-state index contributed by atoms with van der Waals surface area (Å²) in [5.74, 6) is 0.865. The molecule has 0 N–H and O–H groups in total. The maximum absolute atomic E-state index is 5.48. The summed E-state index contributed by atoms with van der Waals surface area (Å²) in [4.78, 5) is 4.54. The Bertz CT molecular complexity index is 316. The van der Waals surface area contributed by atoms with Gasteiger partial charge < -0.3 is 4.74 Å². The van der Waals surface area contributed by atoms with E-state index in [-0.39, 0.29) is 9.84 Å². The van der Waals surface area contributed by atoms with Crippen LogP contribution in [0.15, 0.2) is 12.1 Å². The molecule has 1 aliphatic rings. The third-order valence-corrected chi connectivity index (χ3v) is 4.09. The Morgan fingerprint density at radius 1 is 1.42 bits per heavy atom. The van der Waals surface area contributed by atoms with Crippen LogP contribution >= 0.6 is 31.9 Å². The number of aromatic nitrogens is 1. The van der Waals surface area contributed by atoms with Crippen molar-refractivity contribution < 1.29 is 4.74 Å². The first-order valence-corrected chi connectivity index (χ1v) is 5.44. The molecule has 0 spiro atoms. The SMILES string of the molecule is Cc1ccc2c(n1)C(Br)C(Br)O2. The number of hydrogen-bond acceptors (Lipinski definition) is 2. The van der Waals surface area contributed by atoms with Gasteiger partial charge >= 0.3 is 0 Å². The van der Waals surface area contributed by atoms with Gasteiger partial charge in [0.25, 0.3) is 0 Å².